The number of nitrogens with one attached hydrogen (secondary N) is 1. The van der Waals surface area contributed by atoms with Crippen molar-refractivity contribution in [1.29, 1.82) is 0 Å². The van der Waals surface area contributed by atoms with Crippen LogP contribution in [0.2, 0.25) is 5.02 Å². The Morgan fingerprint density at radius 3 is 2.54 bits per heavy atom. The first-order valence-corrected chi connectivity index (χ1v) is 9.42. The summed E-state index contributed by atoms with van der Waals surface area (Å²) < 4.78 is 0. The molecule has 1 aliphatic heterocycles. The lowest BCUT2D eigenvalue weighted by Crippen LogP contribution is -2.50. The number of halogens is 1. The minimum atomic E-state index is -0.0730. The lowest BCUT2D eigenvalue weighted by atomic mass is 10.1. The molecule has 6 nitrogen and oxygen atoms in total. The summed E-state index contributed by atoms with van der Waals surface area (Å²) in [5.74, 6) is 0.678. The molecule has 0 radical (unpaired) electrons. The molecular weight excluding hydrogens is 350 g/mol. The van der Waals surface area contributed by atoms with Crippen molar-refractivity contribution in [2.24, 2.45) is 0 Å². The number of hydrogen-bond acceptors (Lipinski definition) is 4. The Labute approximate surface area is 159 Å². The highest BCUT2D eigenvalue weighted by atomic mass is 35.5. The maximum absolute atomic E-state index is 12.5. The fourth-order valence-corrected chi connectivity index (χ4v) is 3.20. The van der Waals surface area contributed by atoms with Gasteiger partial charge >= 0.3 is 6.03 Å². The monoisotopic (exact) mass is 373 g/mol. The third-order valence-electron chi connectivity index (χ3n) is 4.54. The number of urea groups is 1. The number of aromatic nitrogens is 2. The van der Waals surface area contributed by atoms with E-state index in [0.29, 0.717) is 37.0 Å². The van der Waals surface area contributed by atoms with E-state index < -0.39 is 0 Å². The second-order valence-corrected chi connectivity index (χ2v) is 6.81. The van der Waals surface area contributed by atoms with Crippen LogP contribution in [0, 0.1) is 0 Å². The molecule has 1 aromatic heterocycles. The molecule has 0 bridgehead atoms. The average Bonchev–Trinajstić information content (AvgIpc) is 2.68. The number of nitrogens with zero attached hydrogens (tertiary/aromatic N) is 4. The standard InChI is InChI=1S/C19H24ClN5O/c1-2-3-4-15-5-7-16(8-6-15)22-19(26)25-13-11-24(12-14-25)18-17(20)9-10-21-23-18/h5-10H,2-4,11-14H2,1H3,(H,22,26). The van der Waals surface area contributed by atoms with Gasteiger partial charge in [-0.1, -0.05) is 37.1 Å². The number of unbranched alkanes of at least 4 members (excludes halogenated alkanes) is 1. The number of piperazine rings is 1. The molecule has 1 fully saturated rings. The first-order chi connectivity index (χ1) is 12.7. The third-order valence-corrected chi connectivity index (χ3v) is 4.84. The van der Waals surface area contributed by atoms with E-state index in [1.807, 2.05) is 17.0 Å². The van der Waals surface area contributed by atoms with Gasteiger partial charge in [0.25, 0.3) is 0 Å². The van der Waals surface area contributed by atoms with Crippen molar-refractivity contribution >= 4 is 29.1 Å². The zero-order valence-corrected chi connectivity index (χ0v) is 15.7. The van der Waals surface area contributed by atoms with E-state index in [0.717, 1.165) is 12.1 Å². The summed E-state index contributed by atoms with van der Waals surface area (Å²) in [4.78, 5) is 16.3. The summed E-state index contributed by atoms with van der Waals surface area (Å²) in [5.41, 5.74) is 2.13. The van der Waals surface area contributed by atoms with Crippen LogP contribution >= 0.6 is 11.6 Å². The van der Waals surface area contributed by atoms with Crippen molar-refractivity contribution in [2.45, 2.75) is 26.2 Å². The summed E-state index contributed by atoms with van der Waals surface area (Å²) >= 11 is 6.17. The smallest absolute Gasteiger partial charge is 0.321 e. The Morgan fingerprint density at radius 2 is 1.88 bits per heavy atom. The molecule has 1 aliphatic rings. The number of benzene rings is 1. The van der Waals surface area contributed by atoms with Gasteiger partial charge in [-0.05, 0) is 36.6 Å². The third kappa shape index (κ3) is 4.64. The molecule has 3 rings (SSSR count). The molecule has 138 valence electrons. The van der Waals surface area contributed by atoms with Crippen LogP contribution in [0.15, 0.2) is 36.5 Å². The first kappa shape index (κ1) is 18.5. The molecule has 26 heavy (non-hydrogen) atoms. The molecule has 2 heterocycles. The molecule has 0 atom stereocenters. The second kappa shape index (κ2) is 8.85. The highest BCUT2D eigenvalue weighted by Crippen LogP contribution is 2.22. The van der Waals surface area contributed by atoms with Crippen LogP contribution in [0.3, 0.4) is 0 Å². The molecule has 0 unspecified atom stereocenters. The molecule has 0 saturated carbocycles. The van der Waals surface area contributed by atoms with Gasteiger partial charge in [0.1, 0.15) is 0 Å². The Balaban J connectivity index is 1.51. The molecule has 0 spiro atoms. The Morgan fingerprint density at radius 1 is 1.15 bits per heavy atom. The fourth-order valence-electron chi connectivity index (χ4n) is 2.98. The van der Waals surface area contributed by atoms with Gasteiger partial charge in [-0.3, -0.25) is 0 Å². The van der Waals surface area contributed by atoms with Gasteiger partial charge in [0.05, 0.1) is 11.2 Å². The molecular formula is C19H24ClN5O. The van der Waals surface area contributed by atoms with Crippen molar-refractivity contribution in [3.63, 3.8) is 0 Å². The van der Waals surface area contributed by atoms with E-state index in [4.69, 9.17) is 11.6 Å². The molecule has 0 aliphatic carbocycles. The summed E-state index contributed by atoms with van der Waals surface area (Å²) in [6, 6.07) is 9.76. The number of anilines is 2. The van der Waals surface area contributed by atoms with Gasteiger partial charge in [-0.25, -0.2) is 4.79 Å². The zero-order valence-electron chi connectivity index (χ0n) is 15.0. The fraction of sp³-hybridized carbons (Fsp3) is 0.421. The van der Waals surface area contributed by atoms with E-state index in [9.17, 15) is 4.79 Å². The van der Waals surface area contributed by atoms with E-state index in [1.165, 1.54) is 18.4 Å². The van der Waals surface area contributed by atoms with Gasteiger partial charge in [-0.2, -0.15) is 5.10 Å². The predicted octanol–water partition coefficient (Wildman–Crippen LogP) is 3.83. The van der Waals surface area contributed by atoms with Crippen LogP contribution in [0.1, 0.15) is 25.3 Å². The van der Waals surface area contributed by atoms with Crippen LogP contribution in [0.4, 0.5) is 16.3 Å². The molecule has 1 aromatic carbocycles. The van der Waals surface area contributed by atoms with Crippen LogP contribution in [-0.4, -0.2) is 47.3 Å². The molecule has 1 saturated heterocycles. The lowest BCUT2D eigenvalue weighted by Gasteiger charge is -2.35. The SMILES string of the molecule is CCCCc1ccc(NC(=O)N2CCN(c3nnccc3Cl)CC2)cc1. The van der Waals surface area contributed by atoms with E-state index in [2.05, 4.69) is 39.5 Å². The zero-order chi connectivity index (χ0) is 18.4. The number of hydrogen-bond donors (Lipinski definition) is 1. The van der Waals surface area contributed by atoms with Crippen molar-refractivity contribution in [3.05, 3.63) is 47.1 Å². The van der Waals surface area contributed by atoms with Gasteiger partial charge in [-0.15, -0.1) is 5.10 Å². The van der Waals surface area contributed by atoms with Crippen molar-refractivity contribution in [2.75, 3.05) is 36.4 Å². The normalized spacial score (nSPS) is 14.4. The summed E-state index contributed by atoms with van der Waals surface area (Å²) in [7, 11) is 0. The second-order valence-electron chi connectivity index (χ2n) is 6.41. The minimum absolute atomic E-state index is 0.0730. The van der Waals surface area contributed by atoms with Gasteiger partial charge < -0.3 is 15.1 Å². The quantitative estimate of drug-likeness (QED) is 0.865. The van der Waals surface area contributed by atoms with Crippen molar-refractivity contribution in [1.82, 2.24) is 15.1 Å². The Hall–Kier alpha value is -2.34. The highest BCUT2D eigenvalue weighted by molar-refractivity contribution is 6.32. The minimum Gasteiger partial charge on any atom is -0.350 e. The van der Waals surface area contributed by atoms with Crippen molar-refractivity contribution in [3.8, 4) is 0 Å². The van der Waals surface area contributed by atoms with Gasteiger partial charge in [0.15, 0.2) is 5.82 Å². The molecule has 7 heteroatoms. The Bertz CT molecular complexity index is 729. The van der Waals surface area contributed by atoms with Crippen LogP contribution < -0.4 is 10.2 Å². The number of amides is 2. The lowest BCUT2D eigenvalue weighted by molar-refractivity contribution is 0.208. The summed E-state index contributed by atoms with van der Waals surface area (Å²) in [5, 5.41) is 11.5. The van der Waals surface area contributed by atoms with Crippen LogP contribution in [0.5, 0.6) is 0 Å². The Kier molecular flexibility index (Phi) is 6.28. The first-order valence-electron chi connectivity index (χ1n) is 9.04. The number of aryl methyl sites for hydroxylation is 1. The van der Waals surface area contributed by atoms with Crippen LogP contribution in [0.25, 0.3) is 0 Å². The predicted molar refractivity (Wildman–Crippen MR) is 105 cm³/mol. The highest BCUT2D eigenvalue weighted by Gasteiger charge is 2.23. The van der Waals surface area contributed by atoms with E-state index in [-0.39, 0.29) is 6.03 Å². The molecule has 1 N–H and O–H groups in total. The summed E-state index contributed by atoms with van der Waals surface area (Å²) in [6.45, 7) is 4.79. The van der Waals surface area contributed by atoms with E-state index >= 15 is 0 Å². The average molecular weight is 374 g/mol. The molecule has 2 aromatic rings. The number of carbonyl (C=O) groups excluding carboxylic acids is 1. The summed E-state index contributed by atoms with van der Waals surface area (Å²) in [6.07, 6.45) is 5.02. The largest absolute Gasteiger partial charge is 0.350 e. The molecule has 2 amide bonds. The number of carbonyl (C=O) groups is 1. The van der Waals surface area contributed by atoms with Crippen molar-refractivity contribution < 1.29 is 4.79 Å². The van der Waals surface area contributed by atoms with Crippen LogP contribution in [-0.2, 0) is 6.42 Å². The van der Waals surface area contributed by atoms with Gasteiger partial charge in [0, 0.05) is 31.9 Å². The van der Waals surface area contributed by atoms with Gasteiger partial charge in [0.2, 0.25) is 0 Å². The maximum Gasteiger partial charge on any atom is 0.321 e. The topological polar surface area (TPSA) is 61.4 Å². The maximum atomic E-state index is 12.5. The van der Waals surface area contributed by atoms with E-state index in [1.54, 1.807) is 12.3 Å². The number of rotatable bonds is 5.